The first-order valence-electron chi connectivity index (χ1n) is 5.92. The zero-order valence-electron chi connectivity index (χ0n) is 9.83. The molecule has 1 heterocycles. The Morgan fingerprint density at radius 3 is 3.00 bits per heavy atom. The van der Waals surface area contributed by atoms with E-state index in [2.05, 4.69) is 15.9 Å². The maximum absolute atomic E-state index is 12.9. The Morgan fingerprint density at radius 1 is 1.56 bits per heavy atom. The Bertz CT molecular complexity index is 455. The third-order valence-electron chi connectivity index (χ3n) is 3.25. The van der Waals surface area contributed by atoms with E-state index in [0.717, 1.165) is 31.3 Å². The van der Waals surface area contributed by atoms with E-state index in [-0.39, 0.29) is 10.9 Å². The lowest BCUT2D eigenvalue weighted by Crippen LogP contribution is -2.29. The molecule has 1 aliphatic rings. The van der Waals surface area contributed by atoms with Crippen LogP contribution in [0.15, 0.2) is 18.2 Å². The quantitative estimate of drug-likeness (QED) is 0.771. The van der Waals surface area contributed by atoms with Crippen LogP contribution in [-0.4, -0.2) is 29.2 Å². The van der Waals surface area contributed by atoms with Crippen molar-refractivity contribution in [3.05, 3.63) is 34.6 Å². The van der Waals surface area contributed by atoms with E-state index in [9.17, 15) is 9.18 Å². The molecule has 0 spiro atoms. The SMILES string of the molecule is O=C(c1ccc(F)cc1Cl)N1CCC(CCBr)C1. The Balaban J connectivity index is 2.08. The Labute approximate surface area is 119 Å². The molecule has 1 saturated heterocycles. The van der Waals surface area contributed by atoms with Crippen LogP contribution in [0.5, 0.6) is 0 Å². The normalized spacial score (nSPS) is 19.3. The molecule has 1 amide bonds. The van der Waals surface area contributed by atoms with Crippen LogP contribution < -0.4 is 0 Å². The summed E-state index contributed by atoms with van der Waals surface area (Å²) in [6.07, 6.45) is 2.09. The van der Waals surface area contributed by atoms with Gasteiger partial charge in [-0.2, -0.15) is 0 Å². The summed E-state index contributed by atoms with van der Waals surface area (Å²) < 4.78 is 12.9. The number of halogens is 3. The lowest BCUT2D eigenvalue weighted by molar-refractivity contribution is 0.0787. The van der Waals surface area contributed by atoms with Crippen molar-refractivity contribution in [3.63, 3.8) is 0 Å². The first-order chi connectivity index (χ1) is 8.61. The topological polar surface area (TPSA) is 20.3 Å². The summed E-state index contributed by atoms with van der Waals surface area (Å²) in [7, 11) is 0. The second-order valence-corrected chi connectivity index (χ2v) is 5.71. The maximum Gasteiger partial charge on any atom is 0.255 e. The van der Waals surface area contributed by atoms with E-state index in [0.29, 0.717) is 11.5 Å². The number of benzene rings is 1. The molecule has 1 atom stereocenters. The molecule has 1 fully saturated rings. The predicted molar refractivity (Wildman–Crippen MR) is 73.8 cm³/mol. The maximum atomic E-state index is 12.9. The first-order valence-corrected chi connectivity index (χ1v) is 7.42. The van der Waals surface area contributed by atoms with Crippen molar-refractivity contribution in [1.82, 2.24) is 4.90 Å². The molecule has 2 rings (SSSR count). The summed E-state index contributed by atoms with van der Waals surface area (Å²) >= 11 is 9.32. The largest absolute Gasteiger partial charge is 0.338 e. The van der Waals surface area contributed by atoms with Gasteiger partial charge >= 0.3 is 0 Å². The molecule has 0 saturated carbocycles. The molecule has 0 N–H and O–H groups in total. The van der Waals surface area contributed by atoms with E-state index in [1.807, 2.05) is 0 Å². The third-order valence-corrected chi connectivity index (χ3v) is 4.02. The van der Waals surface area contributed by atoms with Gasteiger partial charge in [0.05, 0.1) is 10.6 Å². The highest BCUT2D eigenvalue weighted by molar-refractivity contribution is 9.09. The molecule has 18 heavy (non-hydrogen) atoms. The Morgan fingerprint density at radius 2 is 2.33 bits per heavy atom. The number of hydrogen-bond donors (Lipinski definition) is 0. The Hall–Kier alpha value is -0.610. The summed E-state index contributed by atoms with van der Waals surface area (Å²) in [6.45, 7) is 1.52. The number of hydrogen-bond acceptors (Lipinski definition) is 1. The van der Waals surface area contributed by atoms with Crippen molar-refractivity contribution in [2.75, 3.05) is 18.4 Å². The molecule has 1 unspecified atom stereocenters. The number of alkyl halides is 1. The van der Waals surface area contributed by atoms with Gasteiger partial charge in [-0.1, -0.05) is 27.5 Å². The average Bonchev–Trinajstić information content (AvgIpc) is 2.77. The summed E-state index contributed by atoms with van der Waals surface area (Å²) in [4.78, 5) is 14.0. The third kappa shape index (κ3) is 3.04. The molecule has 1 aliphatic heterocycles. The molecule has 1 aromatic carbocycles. The van der Waals surface area contributed by atoms with Crippen LogP contribution in [0.3, 0.4) is 0 Å². The van der Waals surface area contributed by atoms with Crippen molar-refractivity contribution in [1.29, 1.82) is 0 Å². The molecule has 0 radical (unpaired) electrons. The second kappa shape index (κ2) is 6.02. The summed E-state index contributed by atoms with van der Waals surface area (Å²) in [5.74, 6) is 0.0276. The van der Waals surface area contributed by atoms with E-state index in [4.69, 9.17) is 11.6 Å². The highest BCUT2D eigenvalue weighted by atomic mass is 79.9. The molecule has 0 bridgehead atoms. The molecule has 1 aromatic rings. The van der Waals surface area contributed by atoms with Crippen LogP contribution >= 0.6 is 27.5 Å². The van der Waals surface area contributed by atoms with Gasteiger partial charge in [-0.25, -0.2) is 4.39 Å². The van der Waals surface area contributed by atoms with Crippen LogP contribution in [0.2, 0.25) is 5.02 Å². The van der Waals surface area contributed by atoms with Crippen LogP contribution in [0.1, 0.15) is 23.2 Å². The van der Waals surface area contributed by atoms with Gasteiger partial charge in [0.1, 0.15) is 5.82 Å². The highest BCUT2D eigenvalue weighted by Crippen LogP contribution is 2.25. The second-order valence-electron chi connectivity index (χ2n) is 4.51. The number of carbonyl (C=O) groups excluding carboxylic acids is 1. The fourth-order valence-electron chi connectivity index (χ4n) is 2.24. The van der Waals surface area contributed by atoms with Crippen LogP contribution in [0.25, 0.3) is 0 Å². The highest BCUT2D eigenvalue weighted by Gasteiger charge is 2.27. The van der Waals surface area contributed by atoms with Crippen molar-refractivity contribution >= 4 is 33.4 Å². The minimum Gasteiger partial charge on any atom is -0.338 e. The number of nitrogens with zero attached hydrogens (tertiary/aromatic N) is 1. The van der Waals surface area contributed by atoms with Crippen LogP contribution in [0, 0.1) is 11.7 Å². The van der Waals surface area contributed by atoms with Gasteiger partial charge in [-0.3, -0.25) is 4.79 Å². The summed E-state index contributed by atoms with van der Waals surface area (Å²) in [6, 6.07) is 3.91. The monoisotopic (exact) mass is 333 g/mol. The fraction of sp³-hybridized carbons (Fsp3) is 0.462. The van der Waals surface area contributed by atoms with Crippen LogP contribution in [0.4, 0.5) is 4.39 Å². The molecule has 0 aromatic heterocycles. The van der Waals surface area contributed by atoms with E-state index < -0.39 is 5.82 Å². The zero-order valence-corrected chi connectivity index (χ0v) is 12.2. The minimum atomic E-state index is -0.421. The van der Waals surface area contributed by atoms with Gasteiger partial charge in [0, 0.05) is 18.4 Å². The van der Waals surface area contributed by atoms with Gasteiger partial charge in [0.2, 0.25) is 0 Å². The average molecular weight is 335 g/mol. The van der Waals surface area contributed by atoms with Crippen molar-refractivity contribution in [3.8, 4) is 0 Å². The lowest BCUT2D eigenvalue weighted by atomic mass is 10.1. The van der Waals surface area contributed by atoms with Crippen molar-refractivity contribution < 1.29 is 9.18 Å². The lowest BCUT2D eigenvalue weighted by Gasteiger charge is -2.17. The fourth-order valence-corrected chi connectivity index (χ4v) is 3.14. The number of carbonyl (C=O) groups is 1. The van der Waals surface area contributed by atoms with Gasteiger partial charge < -0.3 is 4.90 Å². The molecule has 0 aliphatic carbocycles. The molecule has 2 nitrogen and oxygen atoms in total. The van der Waals surface area contributed by atoms with Crippen molar-refractivity contribution in [2.45, 2.75) is 12.8 Å². The van der Waals surface area contributed by atoms with Gasteiger partial charge in [0.15, 0.2) is 0 Å². The standard InChI is InChI=1S/C13H14BrClFNO/c14-5-3-9-4-6-17(8-9)13(18)11-2-1-10(16)7-12(11)15/h1-2,7,9H,3-6,8H2. The molecular formula is C13H14BrClFNO. The molecular weight excluding hydrogens is 321 g/mol. The zero-order chi connectivity index (χ0) is 13.1. The number of amides is 1. The molecule has 5 heteroatoms. The van der Waals surface area contributed by atoms with E-state index in [1.54, 1.807) is 4.90 Å². The summed E-state index contributed by atoms with van der Waals surface area (Å²) in [5.41, 5.74) is 0.387. The number of rotatable bonds is 3. The minimum absolute atomic E-state index is 0.0999. The smallest absolute Gasteiger partial charge is 0.255 e. The van der Waals surface area contributed by atoms with Gasteiger partial charge in [-0.05, 0) is 37.0 Å². The van der Waals surface area contributed by atoms with Crippen LogP contribution in [-0.2, 0) is 0 Å². The first kappa shape index (κ1) is 13.8. The van der Waals surface area contributed by atoms with E-state index in [1.165, 1.54) is 18.2 Å². The Kier molecular flexibility index (Phi) is 4.62. The predicted octanol–water partition coefficient (Wildman–Crippen LogP) is 3.73. The van der Waals surface area contributed by atoms with Gasteiger partial charge in [0.25, 0.3) is 5.91 Å². The van der Waals surface area contributed by atoms with Crippen molar-refractivity contribution in [2.24, 2.45) is 5.92 Å². The number of likely N-dealkylation sites (tertiary alicyclic amines) is 1. The summed E-state index contributed by atoms with van der Waals surface area (Å²) in [5, 5.41) is 1.14. The molecule has 98 valence electrons. The van der Waals surface area contributed by atoms with Gasteiger partial charge in [-0.15, -0.1) is 0 Å². The van der Waals surface area contributed by atoms with E-state index >= 15 is 0 Å².